The average Bonchev–Trinajstić information content (AvgIpc) is 1.94. The Balaban J connectivity index is 2.14. The van der Waals surface area contributed by atoms with Gasteiger partial charge in [-0.05, 0) is 37.0 Å². The summed E-state index contributed by atoms with van der Waals surface area (Å²) in [4.78, 5) is 0. The van der Waals surface area contributed by atoms with Crippen LogP contribution < -0.4 is 0 Å². The molecule has 0 N–H and O–H groups in total. The van der Waals surface area contributed by atoms with E-state index in [9.17, 15) is 0 Å². The molecule has 0 spiro atoms. The Morgan fingerprint density at radius 1 is 1.25 bits per heavy atom. The van der Waals surface area contributed by atoms with Crippen LogP contribution in [-0.2, 0) is 0 Å². The Bertz CT molecular complexity index is 107. The Morgan fingerprint density at radius 3 is 2.38 bits per heavy atom. The topological polar surface area (TPSA) is 0 Å². The zero-order chi connectivity index (χ0) is 5.61. The second-order valence-corrected chi connectivity index (χ2v) is 3.78. The van der Waals surface area contributed by atoms with Crippen LogP contribution in [0, 0.1) is 11.3 Å². The molecule has 0 heteroatoms. The van der Waals surface area contributed by atoms with Gasteiger partial charge in [0.05, 0.1) is 0 Å². The van der Waals surface area contributed by atoms with Gasteiger partial charge < -0.3 is 0 Å². The monoisotopic (exact) mass is 110 g/mol. The fraction of sp³-hybridized carbons (Fsp3) is 1.00. The lowest BCUT2D eigenvalue weighted by Gasteiger charge is -2.42. The predicted octanol–water partition coefficient (Wildman–Crippen LogP) is 2.59. The first-order valence-electron chi connectivity index (χ1n) is 3.81. The molecule has 0 bridgehead atoms. The molecule has 0 nitrogen and oxygen atoms in total. The van der Waals surface area contributed by atoms with Gasteiger partial charge in [-0.1, -0.05) is 13.3 Å². The number of hydrogen-bond donors (Lipinski definition) is 0. The highest BCUT2D eigenvalue weighted by Crippen LogP contribution is 2.56. The molecule has 0 aromatic rings. The van der Waals surface area contributed by atoms with E-state index in [0.29, 0.717) is 0 Å². The maximum atomic E-state index is 2.47. The highest BCUT2D eigenvalue weighted by Gasteiger charge is 2.45. The Kier molecular flexibility index (Phi) is 0.778. The van der Waals surface area contributed by atoms with Crippen molar-refractivity contribution in [1.82, 2.24) is 0 Å². The highest BCUT2D eigenvalue weighted by molar-refractivity contribution is 4.96. The molecule has 0 aromatic heterocycles. The van der Waals surface area contributed by atoms with Crippen molar-refractivity contribution in [1.29, 1.82) is 0 Å². The number of rotatable bonds is 0. The molecule has 8 heavy (non-hydrogen) atoms. The highest BCUT2D eigenvalue weighted by atomic mass is 14.5. The Hall–Kier alpha value is 0. The molecule has 0 amide bonds. The van der Waals surface area contributed by atoms with E-state index in [1.807, 2.05) is 0 Å². The normalized spacial score (nSPS) is 52.9. The van der Waals surface area contributed by atoms with Crippen LogP contribution in [-0.4, -0.2) is 0 Å². The van der Waals surface area contributed by atoms with Crippen LogP contribution in [0.25, 0.3) is 0 Å². The zero-order valence-corrected chi connectivity index (χ0v) is 5.61. The molecule has 0 saturated heterocycles. The van der Waals surface area contributed by atoms with Crippen molar-refractivity contribution in [2.75, 3.05) is 0 Å². The summed E-state index contributed by atoms with van der Waals surface area (Å²) in [5.74, 6) is 1.14. The number of fused-ring (bicyclic) bond motifs is 1. The van der Waals surface area contributed by atoms with E-state index in [0.717, 1.165) is 11.3 Å². The molecule has 0 aliphatic heterocycles. The molecule has 46 valence electrons. The van der Waals surface area contributed by atoms with E-state index in [1.54, 1.807) is 0 Å². The van der Waals surface area contributed by atoms with Gasteiger partial charge in [0.15, 0.2) is 0 Å². The minimum absolute atomic E-state index is 0.833. The fourth-order valence-corrected chi connectivity index (χ4v) is 2.42. The van der Waals surface area contributed by atoms with Gasteiger partial charge >= 0.3 is 0 Å². The van der Waals surface area contributed by atoms with Crippen LogP contribution in [0.15, 0.2) is 0 Å². The van der Waals surface area contributed by atoms with E-state index >= 15 is 0 Å². The van der Waals surface area contributed by atoms with Crippen LogP contribution >= 0.6 is 0 Å². The molecule has 2 saturated carbocycles. The summed E-state index contributed by atoms with van der Waals surface area (Å²) in [7, 11) is 0. The molecule has 2 aliphatic rings. The lowest BCUT2D eigenvalue weighted by Crippen LogP contribution is -2.31. The first-order valence-corrected chi connectivity index (χ1v) is 3.81. The van der Waals surface area contributed by atoms with Crippen molar-refractivity contribution < 1.29 is 0 Å². The van der Waals surface area contributed by atoms with E-state index < -0.39 is 0 Å². The second kappa shape index (κ2) is 1.29. The lowest BCUT2D eigenvalue weighted by atomic mass is 9.64. The van der Waals surface area contributed by atoms with Gasteiger partial charge in [-0.2, -0.15) is 0 Å². The fourth-order valence-electron chi connectivity index (χ4n) is 2.42. The first kappa shape index (κ1) is 4.84. The molecule has 2 aliphatic carbocycles. The second-order valence-electron chi connectivity index (χ2n) is 3.78. The van der Waals surface area contributed by atoms with Gasteiger partial charge in [-0.3, -0.25) is 0 Å². The molecule has 2 fully saturated rings. The third kappa shape index (κ3) is 0.416. The molecular formula is C8H14. The van der Waals surface area contributed by atoms with Crippen LogP contribution in [0.2, 0.25) is 0 Å². The van der Waals surface area contributed by atoms with Crippen molar-refractivity contribution in [3.05, 3.63) is 0 Å². The van der Waals surface area contributed by atoms with Gasteiger partial charge in [-0.15, -0.1) is 0 Å². The molecular weight excluding hydrogens is 96.1 g/mol. The van der Waals surface area contributed by atoms with Crippen molar-refractivity contribution >= 4 is 0 Å². The molecule has 0 aromatic carbocycles. The van der Waals surface area contributed by atoms with Crippen molar-refractivity contribution in [3.8, 4) is 0 Å². The summed E-state index contributed by atoms with van der Waals surface area (Å²) in [6.45, 7) is 2.47. The van der Waals surface area contributed by atoms with Crippen LogP contribution in [0.1, 0.15) is 39.0 Å². The van der Waals surface area contributed by atoms with Gasteiger partial charge in [-0.25, -0.2) is 0 Å². The summed E-state index contributed by atoms with van der Waals surface area (Å²) < 4.78 is 0. The van der Waals surface area contributed by atoms with Gasteiger partial charge in [0.25, 0.3) is 0 Å². The summed E-state index contributed by atoms with van der Waals surface area (Å²) in [5, 5.41) is 0. The maximum absolute atomic E-state index is 2.47. The molecule has 0 heterocycles. The van der Waals surface area contributed by atoms with Gasteiger partial charge in [0.2, 0.25) is 0 Å². The van der Waals surface area contributed by atoms with Crippen LogP contribution in [0.3, 0.4) is 0 Å². The number of hydrogen-bond acceptors (Lipinski definition) is 0. The van der Waals surface area contributed by atoms with Gasteiger partial charge in [0, 0.05) is 0 Å². The average molecular weight is 110 g/mol. The van der Waals surface area contributed by atoms with Gasteiger partial charge in [0.1, 0.15) is 0 Å². The van der Waals surface area contributed by atoms with E-state index in [-0.39, 0.29) is 0 Å². The molecule has 2 rings (SSSR count). The molecule has 0 radical (unpaired) electrons. The molecule has 2 atom stereocenters. The summed E-state index contributed by atoms with van der Waals surface area (Å²) >= 11 is 0. The third-order valence-corrected chi connectivity index (χ3v) is 3.35. The van der Waals surface area contributed by atoms with Crippen molar-refractivity contribution in [2.24, 2.45) is 11.3 Å². The van der Waals surface area contributed by atoms with E-state index in [1.165, 1.54) is 32.1 Å². The zero-order valence-electron chi connectivity index (χ0n) is 5.61. The quantitative estimate of drug-likeness (QED) is 0.449. The minimum Gasteiger partial charge on any atom is -0.0594 e. The lowest BCUT2D eigenvalue weighted by molar-refractivity contribution is 0.0882. The third-order valence-electron chi connectivity index (χ3n) is 3.35. The Labute approximate surface area is 51.3 Å². The standard InChI is InChI=1S/C8H14/c1-8-5-2-3-7(8)4-6-8/h7H,2-6H2,1H3/t7?,8-/m0/s1. The summed E-state index contributed by atoms with van der Waals surface area (Å²) in [5.41, 5.74) is 0.833. The summed E-state index contributed by atoms with van der Waals surface area (Å²) in [6, 6.07) is 0. The minimum atomic E-state index is 0.833. The SMILES string of the molecule is C[C@@]12CCCC1CC2. The van der Waals surface area contributed by atoms with E-state index in [4.69, 9.17) is 0 Å². The van der Waals surface area contributed by atoms with Crippen LogP contribution in [0.4, 0.5) is 0 Å². The predicted molar refractivity (Wildman–Crippen MR) is 34.7 cm³/mol. The van der Waals surface area contributed by atoms with Crippen molar-refractivity contribution in [2.45, 2.75) is 39.0 Å². The summed E-state index contributed by atoms with van der Waals surface area (Å²) in [6.07, 6.45) is 7.64. The smallest absolute Gasteiger partial charge is 0.0297 e. The molecule has 1 unspecified atom stereocenters. The largest absolute Gasteiger partial charge is 0.0594 e. The Morgan fingerprint density at radius 2 is 2.12 bits per heavy atom. The maximum Gasteiger partial charge on any atom is -0.0297 e. The van der Waals surface area contributed by atoms with Crippen LogP contribution in [0.5, 0.6) is 0 Å². The van der Waals surface area contributed by atoms with E-state index in [2.05, 4.69) is 6.92 Å². The van der Waals surface area contributed by atoms with Crippen molar-refractivity contribution in [3.63, 3.8) is 0 Å². The first-order chi connectivity index (χ1) is 3.81.